The fourth-order valence-electron chi connectivity index (χ4n) is 3.82. The van der Waals surface area contributed by atoms with E-state index in [0.717, 1.165) is 11.3 Å². The van der Waals surface area contributed by atoms with E-state index in [1.54, 1.807) is 44.4 Å². The maximum Gasteiger partial charge on any atom is 0.241 e. The first-order valence-electron chi connectivity index (χ1n) is 10.4. The third-order valence-electron chi connectivity index (χ3n) is 5.68. The maximum atomic E-state index is 13.4. The average Bonchev–Trinajstić information content (AvgIpc) is 3.30. The van der Waals surface area contributed by atoms with E-state index >= 15 is 0 Å². The quantitative estimate of drug-likeness (QED) is 0.382. The molecule has 0 bridgehead atoms. The molecule has 0 fully saturated rings. The number of hydrazone groups is 1. The molecule has 0 aromatic heterocycles. The molecule has 6 nitrogen and oxygen atoms in total. The number of hydrogen-bond donors (Lipinski definition) is 2. The monoisotopic (exact) mass is 537 g/mol. The second-order valence-electron chi connectivity index (χ2n) is 7.85. The molecule has 3 aromatic rings. The molecule has 3 aromatic carbocycles. The second-order valence-corrected chi connectivity index (χ2v) is 10.8. The average molecular weight is 539 g/mol. The molecule has 0 saturated heterocycles. The van der Waals surface area contributed by atoms with Crippen molar-refractivity contribution in [3.63, 3.8) is 0 Å². The van der Waals surface area contributed by atoms with Crippen molar-refractivity contribution in [2.24, 2.45) is 5.10 Å². The summed E-state index contributed by atoms with van der Waals surface area (Å²) in [6.45, 7) is 1.66. The lowest BCUT2D eigenvalue weighted by Crippen LogP contribution is -2.34. The summed E-state index contributed by atoms with van der Waals surface area (Å²) >= 11 is 18.8. The van der Waals surface area contributed by atoms with Crippen LogP contribution in [-0.2, 0) is 10.0 Å². The molecule has 178 valence electrons. The number of nitrogens with zero attached hydrogens (tertiary/aromatic N) is 1. The Labute approximate surface area is 213 Å². The molecule has 34 heavy (non-hydrogen) atoms. The molecule has 10 heteroatoms. The van der Waals surface area contributed by atoms with Crippen LogP contribution in [0, 0.1) is 6.92 Å². The van der Waals surface area contributed by atoms with Crippen molar-refractivity contribution in [2.75, 3.05) is 7.11 Å². The Bertz CT molecular complexity index is 1350. The van der Waals surface area contributed by atoms with Crippen molar-refractivity contribution in [3.05, 3.63) is 92.4 Å². The van der Waals surface area contributed by atoms with E-state index in [2.05, 4.69) is 15.2 Å². The molecule has 4 rings (SSSR count). The molecule has 1 aliphatic heterocycles. The first-order chi connectivity index (χ1) is 16.2. The lowest BCUT2D eigenvalue weighted by Gasteiger charge is -2.21. The van der Waals surface area contributed by atoms with Crippen molar-refractivity contribution in [2.45, 2.75) is 30.3 Å². The maximum absolute atomic E-state index is 13.4. The molecule has 1 aliphatic rings. The van der Waals surface area contributed by atoms with Crippen LogP contribution in [0.1, 0.15) is 35.2 Å². The van der Waals surface area contributed by atoms with Crippen LogP contribution in [0.4, 0.5) is 0 Å². The van der Waals surface area contributed by atoms with Crippen molar-refractivity contribution < 1.29 is 13.2 Å². The van der Waals surface area contributed by atoms with Crippen LogP contribution in [-0.4, -0.2) is 21.2 Å². The fraction of sp³-hybridized carbons (Fsp3) is 0.208. The Hall–Kier alpha value is -2.29. The highest BCUT2D eigenvalue weighted by Gasteiger charge is 2.33. The third-order valence-corrected chi connectivity index (χ3v) is 8.22. The second kappa shape index (κ2) is 10.1. The zero-order chi connectivity index (χ0) is 24.5. The normalized spacial score (nSPS) is 16.6. The van der Waals surface area contributed by atoms with Crippen LogP contribution in [0.5, 0.6) is 5.75 Å². The molecule has 0 aliphatic carbocycles. The van der Waals surface area contributed by atoms with Crippen LogP contribution in [0.3, 0.4) is 0 Å². The van der Waals surface area contributed by atoms with Gasteiger partial charge in [-0.3, -0.25) is 0 Å². The summed E-state index contributed by atoms with van der Waals surface area (Å²) in [5.74, 6) is 0.748. The molecule has 2 unspecified atom stereocenters. The van der Waals surface area contributed by atoms with E-state index in [4.69, 9.17) is 39.5 Å². The van der Waals surface area contributed by atoms with Gasteiger partial charge in [0.25, 0.3) is 0 Å². The Balaban J connectivity index is 1.68. The first-order valence-corrected chi connectivity index (χ1v) is 13.0. The van der Waals surface area contributed by atoms with E-state index in [9.17, 15) is 8.42 Å². The van der Waals surface area contributed by atoms with Gasteiger partial charge < -0.3 is 10.2 Å². The molecular weight excluding hydrogens is 517 g/mol. The Kier molecular flexibility index (Phi) is 7.40. The molecule has 1 heterocycles. The SMILES string of the molecule is COc1ccc(C2CC(C(NS(=O)(=O)c3cccc(Cl)c3C)c3ccc(Cl)cc3Cl)=NN2)cc1. The van der Waals surface area contributed by atoms with Crippen molar-refractivity contribution in [3.8, 4) is 5.75 Å². The van der Waals surface area contributed by atoms with E-state index in [-0.39, 0.29) is 10.9 Å². The summed E-state index contributed by atoms with van der Waals surface area (Å²) in [7, 11) is -2.36. The highest BCUT2D eigenvalue weighted by atomic mass is 35.5. The van der Waals surface area contributed by atoms with Crippen molar-refractivity contribution >= 4 is 50.5 Å². The predicted octanol–water partition coefficient (Wildman–Crippen LogP) is 6.07. The summed E-state index contributed by atoms with van der Waals surface area (Å²) in [6.07, 6.45) is 0.465. The van der Waals surface area contributed by atoms with Gasteiger partial charge in [0.15, 0.2) is 0 Å². The first kappa shape index (κ1) is 24.8. The van der Waals surface area contributed by atoms with Gasteiger partial charge in [-0.2, -0.15) is 9.82 Å². The summed E-state index contributed by atoms with van der Waals surface area (Å²) in [5, 5.41) is 5.63. The number of hydrogen-bond acceptors (Lipinski definition) is 5. The van der Waals surface area contributed by atoms with Gasteiger partial charge in [-0.25, -0.2) is 8.42 Å². The lowest BCUT2D eigenvalue weighted by molar-refractivity contribution is 0.414. The minimum Gasteiger partial charge on any atom is -0.497 e. The zero-order valence-electron chi connectivity index (χ0n) is 18.3. The van der Waals surface area contributed by atoms with Crippen LogP contribution in [0.15, 0.2) is 70.7 Å². The van der Waals surface area contributed by atoms with Crippen molar-refractivity contribution in [1.82, 2.24) is 10.1 Å². The van der Waals surface area contributed by atoms with Gasteiger partial charge in [0, 0.05) is 21.5 Å². The fourth-order valence-corrected chi connectivity index (χ4v) is 6.04. The van der Waals surface area contributed by atoms with E-state index in [0.29, 0.717) is 38.3 Å². The molecule has 0 spiro atoms. The number of ether oxygens (including phenoxy) is 1. The van der Waals surface area contributed by atoms with Crippen LogP contribution < -0.4 is 14.9 Å². The van der Waals surface area contributed by atoms with Gasteiger partial charge in [0.2, 0.25) is 10.0 Å². The Morgan fingerprint density at radius 2 is 1.79 bits per heavy atom. The van der Waals surface area contributed by atoms with Gasteiger partial charge in [-0.15, -0.1) is 0 Å². The Morgan fingerprint density at radius 3 is 2.47 bits per heavy atom. The molecular formula is C24H22Cl3N3O3S. The minimum absolute atomic E-state index is 0.0911. The summed E-state index contributed by atoms with van der Waals surface area (Å²) in [5.41, 5.74) is 5.70. The van der Waals surface area contributed by atoms with Gasteiger partial charge in [-0.05, 0) is 60.0 Å². The number of sulfonamides is 1. The van der Waals surface area contributed by atoms with Gasteiger partial charge >= 0.3 is 0 Å². The van der Waals surface area contributed by atoms with Gasteiger partial charge in [0.1, 0.15) is 5.75 Å². The largest absolute Gasteiger partial charge is 0.497 e. The highest BCUT2D eigenvalue weighted by Crippen LogP contribution is 2.34. The van der Waals surface area contributed by atoms with Crippen LogP contribution in [0.25, 0.3) is 0 Å². The standard InChI is InChI=1S/C24H22Cl3N3O3S/c1-14-19(26)4-3-5-23(14)34(31,32)30-24(18-11-8-16(25)12-20(18)27)22-13-21(28-29-22)15-6-9-17(33-2)10-7-15/h3-12,21,24,28,30H,13H2,1-2H3. The predicted molar refractivity (Wildman–Crippen MR) is 137 cm³/mol. The van der Waals surface area contributed by atoms with E-state index in [1.807, 2.05) is 24.3 Å². The van der Waals surface area contributed by atoms with Crippen LogP contribution >= 0.6 is 34.8 Å². The molecule has 2 N–H and O–H groups in total. The highest BCUT2D eigenvalue weighted by molar-refractivity contribution is 7.89. The van der Waals surface area contributed by atoms with E-state index in [1.165, 1.54) is 6.07 Å². The van der Waals surface area contributed by atoms with Crippen LogP contribution in [0.2, 0.25) is 15.1 Å². The number of rotatable bonds is 7. The van der Waals surface area contributed by atoms with E-state index < -0.39 is 16.1 Å². The summed E-state index contributed by atoms with van der Waals surface area (Å²) < 4.78 is 34.8. The van der Waals surface area contributed by atoms with Gasteiger partial charge in [0.05, 0.1) is 29.8 Å². The summed E-state index contributed by atoms with van der Waals surface area (Å²) in [4.78, 5) is 0.0911. The molecule has 0 saturated carbocycles. The molecule has 0 radical (unpaired) electrons. The summed E-state index contributed by atoms with van der Waals surface area (Å²) in [6, 6.07) is 16.4. The molecule has 0 amide bonds. The van der Waals surface area contributed by atoms with Crippen molar-refractivity contribution in [1.29, 1.82) is 0 Å². The number of halogens is 3. The third kappa shape index (κ3) is 5.19. The number of methoxy groups -OCH3 is 1. The minimum atomic E-state index is -3.97. The molecule has 2 atom stereocenters. The smallest absolute Gasteiger partial charge is 0.241 e. The number of benzene rings is 3. The zero-order valence-corrected chi connectivity index (χ0v) is 21.4. The Morgan fingerprint density at radius 1 is 1.06 bits per heavy atom. The lowest BCUT2D eigenvalue weighted by atomic mass is 9.96. The topological polar surface area (TPSA) is 79.8 Å². The number of nitrogens with one attached hydrogen (secondary N) is 2. The van der Waals surface area contributed by atoms with Gasteiger partial charge in [-0.1, -0.05) is 59.1 Å².